The smallest absolute Gasteiger partial charge is 0.227 e. The Morgan fingerprint density at radius 3 is 2.26 bits per heavy atom. The SMILES string of the molecule is CC(=O)n1ccc2c(Br)cc(C#N)cc21.N#Cc1cc(Br)c2cc[nH]c2c1. The van der Waals surface area contributed by atoms with Gasteiger partial charge in [-0.15, -0.1) is 0 Å². The Kier molecular flexibility index (Phi) is 5.46. The second kappa shape index (κ2) is 7.79. The van der Waals surface area contributed by atoms with Crippen molar-refractivity contribution in [2.45, 2.75) is 6.92 Å². The molecule has 4 rings (SSSR count). The van der Waals surface area contributed by atoms with Gasteiger partial charge in [0.25, 0.3) is 0 Å². The van der Waals surface area contributed by atoms with Crippen LogP contribution in [0.1, 0.15) is 22.8 Å². The Labute approximate surface area is 172 Å². The summed E-state index contributed by atoms with van der Waals surface area (Å²) in [4.78, 5) is 14.4. The first-order valence-corrected chi connectivity index (χ1v) is 9.41. The van der Waals surface area contributed by atoms with E-state index in [-0.39, 0.29) is 5.91 Å². The molecule has 132 valence electrons. The minimum absolute atomic E-state index is 0.0630. The second-order valence-corrected chi connectivity index (χ2v) is 7.42. The molecule has 0 saturated carbocycles. The van der Waals surface area contributed by atoms with Crippen molar-refractivity contribution < 1.29 is 4.79 Å². The molecule has 27 heavy (non-hydrogen) atoms. The van der Waals surface area contributed by atoms with Crippen LogP contribution in [0.3, 0.4) is 0 Å². The molecular weight excluding hydrogens is 472 g/mol. The lowest BCUT2D eigenvalue weighted by Gasteiger charge is -2.00. The maximum absolute atomic E-state index is 11.3. The Bertz CT molecular complexity index is 1250. The van der Waals surface area contributed by atoms with Crippen molar-refractivity contribution in [2.75, 3.05) is 0 Å². The summed E-state index contributed by atoms with van der Waals surface area (Å²) < 4.78 is 3.32. The van der Waals surface area contributed by atoms with Crippen LogP contribution in [0, 0.1) is 22.7 Å². The van der Waals surface area contributed by atoms with Crippen molar-refractivity contribution in [1.82, 2.24) is 9.55 Å². The molecule has 0 bridgehead atoms. The van der Waals surface area contributed by atoms with Gasteiger partial charge in [0, 0.05) is 44.6 Å². The minimum Gasteiger partial charge on any atom is -0.361 e. The van der Waals surface area contributed by atoms with Crippen LogP contribution in [0.2, 0.25) is 0 Å². The fraction of sp³-hybridized carbons (Fsp3) is 0.0500. The highest BCUT2D eigenvalue weighted by atomic mass is 79.9. The Hall–Kier alpha value is -2.87. The van der Waals surface area contributed by atoms with Gasteiger partial charge in [0.15, 0.2) is 0 Å². The second-order valence-electron chi connectivity index (χ2n) is 5.72. The summed E-state index contributed by atoms with van der Waals surface area (Å²) in [6, 6.07) is 15.1. The summed E-state index contributed by atoms with van der Waals surface area (Å²) in [6.45, 7) is 1.49. The first kappa shape index (κ1) is 18.9. The zero-order chi connectivity index (χ0) is 19.6. The lowest BCUT2D eigenvalue weighted by molar-refractivity contribution is 0.0941. The number of rotatable bonds is 0. The molecule has 5 nitrogen and oxygen atoms in total. The number of carbonyl (C=O) groups excluding carboxylic acids is 1. The zero-order valence-corrected chi connectivity index (χ0v) is 17.3. The molecule has 0 radical (unpaired) electrons. The fourth-order valence-corrected chi connectivity index (χ4v) is 3.90. The van der Waals surface area contributed by atoms with Crippen molar-refractivity contribution in [1.29, 1.82) is 10.5 Å². The summed E-state index contributed by atoms with van der Waals surface area (Å²) in [5.41, 5.74) is 2.95. The molecule has 0 spiro atoms. The van der Waals surface area contributed by atoms with Crippen molar-refractivity contribution >= 4 is 59.6 Å². The average Bonchev–Trinajstić information content (AvgIpc) is 3.29. The first-order chi connectivity index (χ1) is 12.9. The molecule has 0 aliphatic rings. The molecule has 1 N–H and O–H groups in total. The van der Waals surface area contributed by atoms with Gasteiger partial charge >= 0.3 is 0 Å². The van der Waals surface area contributed by atoms with Crippen molar-refractivity contribution in [3.8, 4) is 12.1 Å². The lowest BCUT2D eigenvalue weighted by Crippen LogP contribution is -2.02. The Balaban J connectivity index is 0.000000159. The number of H-pyrrole nitrogens is 1. The zero-order valence-electron chi connectivity index (χ0n) is 14.1. The molecule has 0 unspecified atom stereocenters. The number of hydrogen-bond donors (Lipinski definition) is 1. The van der Waals surface area contributed by atoms with Crippen molar-refractivity contribution in [3.05, 3.63) is 68.9 Å². The van der Waals surface area contributed by atoms with E-state index in [0.29, 0.717) is 11.1 Å². The number of nitriles is 2. The summed E-state index contributed by atoms with van der Waals surface area (Å²) in [5, 5.41) is 19.5. The van der Waals surface area contributed by atoms with E-state index in [4.69, 9.17) is 10.5 Å². The molecule has 0 aliphatic heterocycles. The quantitative estimate of drug-likeness (QED) is 0.346. The number of aromatic amines is 1. The van der Waals surface area contributed by atoms with E-state index in [1.165, 1.54) is 11.5 Å². The molecule has 0 amide bonds. The van der Waals surface area contributed by atoms with Gasteiger partial charge in [-0.05, 0) is 36.4 Å². The number of nitrogens with zero attached hydrogens (tertiary/aromatic N) is 3. The highest BCUT2D eigenvalue weighted by molar-refractivity contribution is 9.11. The third-order valence-electron chi connectivity index (χ3n) is 3.97. The molecule has 2 heterocycles. The normalized spacial score (nSPS) is 10.1. The summed E-state index contributed by atoms with van der Waals surface area (Å²) in [5.74, 6) is -0.0630. The van der Waals surface area contributed by atoms with Crippen LogP contribution in [0.15, 0.2) is 57.7 Å². The van der Waals surface area contributed by atoms with Crippen molar-refractivity contribution in [3.63, 3.8) is 0 Å². The largest absolute Gasteiger partial charge is 0.361 e. The van der Waals surface area contributed by atoms with Crippen LogP contribution in [-0.2, 0) is 0 Å². The van der Waals surface area contributed by atoms with Crippen LogP contribution < -0.4 is 0 Å². The Morgan fingerprint density at radius 2 is 1.63 bits per heavy atom. The van der Waals surface area contributed by atoms with Gasteiger partial charge < -0.3 is 4.98 Å². The molecule has 2 aromatic carbocycles. The predicted molar refractivity (Wildman–Crippen MR) is 111 cm³/mol. The van der Waals surface area contributed by atoms with Crippen LogP contribution in [0.5, 0.6) is 0 Å². The van der Waals surface area contributed by atoms with Crippen LogP contribution in [0.4, 0.5) is 0 Å². The number of benzene rings is 2. The molecule has 4 aromatic rings. The van der Waals surface area contributed by atoms with Crippen LogP contribution in [-0.4, -0.2) is 15.5 Å². The molecule has 2 aromatic heterocycles. The standard InChI is InChI=1S/C11H7BrN2O.C9H5BrN2/c1-7(15)14-3-2-9-10(12)4-8(6-13)5-11(9)14;10-8-3-6(5-11)4-9-7(8)1-2-12-9/h2-5H,1H3;1-4,12H. The van der Waals surface area contributed by atoms with E-state index in [1.54, 1.807) is 18.3 Å². The first-order valence-electron chi connectivity index (χ1n) is 7.83. The molecule has 0 atom stereocenters. The average molecular weight is 484 g/mol. The number of fused-ring (bicyclic) bond motifs is 2. The molecular formula is C20H12Br2N4O. The number of carbonyl (C=O) groups is 1. The molecule has 0 saturated heterocycles. The maximum atomic E-state index is 11.3. The molecule has 7 heteroatoms. The maximum Gasteiger partial charge on any atom is 0.227 e. The van der Waals surface area contributed by atoms with E-state index in [9.17, 15) is 4.79 Å². The summed E-state index contributed by atoms with van der Waals surface area (Å²) in [7, 11) is 0. The van der Waals surface area contributed by atoms with Gasteiger partial charge in [0.2, 0.25) is 5.91 Å². The topological polar surface area (TPSA) is 85.4 Å². The predicted octanol–water partition coefficient (Wildman–Crippen LogP) is 5.74. The van der Waals surface area contributed by atoms with E-state index in [0.717, 1.165) is 30.8 Å². The third kappa shape index (κ3) is 3.80. The minimum atomic E-state index is -0.0630. The fourth-order valence-electron chi connectivity index (χ4n) is 2.72. The highest BCUT2D eigenvalue weighted by Crippen LogP contribution is 2.27. The monoisotopic (exact) mass is 482 g/mol. The third-order valence-corrected chi connectivity index (χ3v) is 5.29. The summed E-state index contributed by atoms with van der Waals surface area (Å²) >= 11 is 6.77. The summed E-state index contributed by atoms with van der Waals surface area (Å²) in [6.07, 6.45) is 3.56. The number of aromatic nitrogens is 2. The number of halogens is 2. The van der Waals surface area contributed by atoms with E-state index in [1.807, 2.05) is 30.5 Å². The van der Waals surface area contributed by atoms with Gasteiger partial charge in [-0.3, -0.25) is 9.36 Å². The molecule has 0 aliphatic carbocycles. The molecule has 0 fully saturated rings. The number of nitrogens with one attached hydrogen (secondary N) is 1. The lowest BCUT2D eigenvalue weighted by atomic mass is 10.2. The van der Waals surface area contributed by atoms with Crippen molar-refractivity contribution in [2.24, 2.45) is 0 Å². The Morgan fingerprint density at radius 1 is 1.00 bits per heavy atom. The van der Waals surface area contributed by atoms with E-state index in [2.05, 4.69) is 49.0 Å². The van der Waals surface area contributed by atoms with E-state index < -0.39 is 0 Å². The van der Waals surface area contributed by atoms with Gasteiger partial charge in [-0.1, -0.05) is 31.9 Å². The van der Waals surface area contributed by atoms with Gasteiger partial charge in [0.05, 0.1) is 28.8 Å². The van der Waals surface area contributed by atoms with Gasteiger partial charge in [-0.2, -0.15) is 10.5 Å². The van der Waals surface area contributed by atoms with E-state index >= 15 is 0 Å². The highest BCUT2D eigenvalue weighted by Gasteiger charge is 2.08. The van der Waals surface area contributed by atoms with Crippen LogP contribution in [0.25, 0.3) is 21.8 Å². The van der Waals surface area contributed by atoms with Gasteiger partial charge in [-0.25, -0.2) is 0 Å². The van der Waals surface area contributed by atoms with Crippen LogP contribution >= 0.6 is 31.9 Å². The van der Waals surface area contributed by atoms with Gasteiger partial charge in [0.1, 0.15) is 0 Å². The number of hydrogen-bond acceptors (Lipinski definition) is 3.